The molecule has 1 heterocycles. The summed E-state index contributed by atoms with van der Waals surface area (Å²) in [6, 6.07) is 15.0. The Morgan fingerprint density at radius 3 is 2.36 bits per heavy atom. The summed E-state index contributed by atoms with van der Waals surface area (Å²) in [6.45, 7) is 1.06. The Hall–Kier alpha value is -2.67. The number of hydrogen-bond acceptors (Lipinski definition) is 3. The molecular weight excluding hydrogens is 379 g/mol. The summed E-state index contributed by atoms with van der Waals surface area (Å²) in [5.74, 6) is 0.0883. The van der Waals surface area contributed by atoms with Crippen molar-refractivity contribution in [3.05, 3.63) is 76.9 Å². The third-order valence-corrected chi connectivity index (χ3v) is 5.76. The number of carbonyl (C=O) groups excluding carboxylic acids is 1. The van der Waals surface area contributed by atoms with Crippen molar-refractivity contribution in [3.63, 3.8) is 0 Å². The molecule has 0 saturated carbocycles. The van der Waals surface area contributed by atoms with Crippen LogP contribution >= 0.6 is 0 Å². The second-order valence-electron chi connectivity index (χ2n) is 6.93. The number of nitrogens with one attached hydrogen (secondary N) is 1. The maximum atomic E-state index is 12.9. The minimum atomic E-state index is -3.92. The van der Waals surface area contributed by atoms with Gasteiger partial charge in [0.2, 0.25) is 0 Å². The van der Waals surface area contributed by atoms with Crippen LogP contribution in [0.15, 0.2) is 60.0 Å². The number of hydrogen-bond donors (Lipinski definition) is 1. The Morgan fingerprint density at radius 2 is 1.71 bits per heavy atom. The number of benzene rings is 2. The molecule has 2 aromatic carbocycles. The summed E-state index contributed by atoms with van der Waals surface area (Å²) in [5, 5.41) is 0.917. The number of nitrogens with zero attached hydrogens (tertiary/aromatic N) is 1. The first-order valence-corrected chi connectivity index (χ1v) is 10.8. The van der Waals surface area contributed by atoms with Crippen LogP contribution < -0.4 is 4.72 Å². The van der Waals surface area contributed by atoms with Crippen molar-refractivity contribution in [1.29, 1.82) is 0 Å². The molecule has 0 aliphatic carbocycles. The van der Waals surface area contributed by atoms with E-state index in [1.54, 1.807) is 0 Å². The standard InChI is InChI=1S/C21H23FN2O3S/c22-20-8-6-17(7-9-20)12-15-28(26,27)23-21(25)24-13-10-19(11-14-24)16-18-4-2-1-3-5-18/h1-9,12,15,19H,10-11,13-14,16H2,(H,23,25). The number of carbonyl (C=O) groups is 1. The second-order valence-corrected chi connectivity index (χ2v) is 8.49. The molecule has 28 heavy (non-hydrogen) atoms. The van der Waals surface area contributed by atoms with E-state index in [0.717, 1.165) is 24.7 Å². The van der Waals surface area contributed by atoms with Crippen LogP contribution in [0.5, 0.6) is 0 Å². The predicted octanol–water partition coefficient (Wildman–Crippen LogP) is 3.79. The van der Waals surface area contributed by atoms with Gasteiger partial charge in [-0.1, -0.05) is 42.5 Å². The van der Waals surface area contributed by atoms with Crippen LogP contribution in [0.1, 0.15) is 24.0 Å². The van der Waals surface area contributed by atoms with Gasteiger partial charge in [-0.15, -0.1) is 0 Å². The highest BCUT2D eigenvalue weighted by Crippen LogP contribution is 2.21. The van der Waals surface area contributed by atoms with Gasteiger partial charge in [0, 0.05) is 13.1 Å². The predicted molar refractivity (Wildman–Crippen MR) is 107 cm³/mol. The van der Waals surface area contributed by atoms with Gasteiger partial charge in [0.15, 0.2) is 0 Å². The fraction of sp³-hybridized carbons (Fsp3) is 0.286. The Morgan fingerprint density at radius 1 is 1.07 bits per heavy atom. The van der Waals surface area contributed by atoms with E-state index in [1.807, 2.05) is 18.2 Å². The van der Waals surface area contributed by atoms with Gasteiger partial charge in [0.25, 0.3) is 10.0 Å². The summed E-state index contributed by atoms with van der Waals surface area (Å²) in [7, 11) is -3.92. The Bertz CT molecular complexity index is 920. The number of urea groups is 1. The third-order valence-electron chi connectivity index (χ3n) is 4.81. The average Bonchev–Trinajstić information content (AvgIpc) is 2.68. The van der Waals surface area contributed by atoms with Gasteiger partial charge in [-0.3, -0.25) is 0 Å². The number of halogens is 1. The minimum absolute atomic E-state index is 0.399. The van der Waals surface area contributed by atoms with Gasteiger partial charge < -0.3 is 4.90 Å². The Kier molecular flexibility index (Phi) is 6.46. The van der Waals surface area contributed by atoms with Gasteiger partial charge in [-0.2, -0.15) is 0 Å². The van der Waals surface area contributed by atoms with E-state index in [0.29, 0.717) is 24.6 Å². The Balaban J connectivity index is 1.50. The molecule has 0 unspecified atom stereocenters. The normalized spacial score (nSPS) is 15.7. The molecule has 3 rings (SSSR count). The van der Waals surface area contributed by atoms with Gasteiger partial charge in [-0.25, -0.2) is 22.3 Å². The lowest BCUT2D eigenvalue weighted by Gasteiger charge is -2.31. The monoisotopic (exact) mass is 402 g/mol. The smallest absolute Gasteiger partial charge is 0.324 e. The average molecular weight is 402 g/mol. The molecule has 0 spiro atoms. The third kappa shape index (κ3) is 5.92. The van der Waals surface area contributed by atoms with Crippen LogP contribution in [0.4, 0.5) is 9.18 Å². The fourth-order valence-corrected chi connectivity index (χ4v) is 4.03. The summed E-state index contributed by atoms with van der Waals surface area (Å²) in [5.41, 5.74) is 1.81. The molecule has 0 aromatic heterocycles. The largest absolute Gasteiger partial charge is 0.331 e. The number of sulfonamides is 1. The summed E-state index contributed by atoms with van der Waals surface area (Å²) in [6.07, 6.45) is 3.97. The van der Waals surface area contributed by atoms with E-state index < -0.39 is 21.9 Å². The lowest BCUT2D eigenvalue weighted by Crippen LogP contribution is -2.46. The summed E-state index contributed by atoms with van der Waals surface area (Å²) >= 11 is 0. The maximum Gasteiger partial charge on any atom is 0.331 e. The second kappa shape index (κ2) is 9.01. The summed E-state index contributed by atoms with van der Waals surface area (Å²) in [4.78, 5) is 13.8. The zero-order valence-electron chi connectivity index (χ0n) is 15.4. The maximum absolute atomic E-state index is 12.9. The van der Waals surface area contributed by atoms with Gasteiger partial charge in [0.05, 0.1) is 5.41 Å². The van der Waals surface area contributed by atoms with Crippen molar-refractivity contribution in [3.8, 4) is 0 Å². The van der Waals surface area contributed by atoms with E-state index >= 15 is 0 Å². The van der Waals surface area contributed by atoms with Crippen molar-refractivity contribution in [2.75, 3.05) is 13.1 Å². The lowest BCUT2D eigenvalue weighted by molar-refractivity contribution is 0.175. The molecule has 5 nitrogen and oxygen atoms in total. The quantitative estimate of drug-likeness (QED) is 0.827. The van der Waals surface area contributed by atoms with Crippen molar-refractivity contribution in [2.24, 2.45) is 5.92 Å². The number of likely N-dealkylation sites (tertiary alicyclic amines) is 1. The van der Waals surface area contributed by atoms with Crippen molar-refractivity contribution < 1.29 is 17.6 Å². The molecule has 148 valence electrons. The van der Waals surface area contributed by atoms with E-state index in [2.05, 4.69) is 16.9 Å². The molecule has 7 heteroatoms. The highest BCUT2D eigenvalue weighted by molar-refractivity contribution is 7.93. The first kappa shape index (κ1) is 20.1. The molecule has 1 aliphatic rings. The molecule has 0 radical (unpaired) electrons. The first-order chi connectivity index (χ1) is 13.4. The van der Waals surface area contributed by atoms with E-state index in [9.17, 15) is 17.6 Å². The number of rotatable bonds is 5. The molecule has 1 fully saturated rings. The van der Waals surface area contributed by atoms with Crippen molar-refractivity contribution in [2.45, 2.75) is 19.3 Å². The lowest BCUT2D eigenvalue weighted by atomic mass is 9.90. The van der Waals surface area contributed by atoms with E-state index in [-0.39, 0.29) is 0 Å². The highest BCUT2D eigenvalue weighted by atomic mass is 32.2. The van der Waals surface area contributed by atoms with Crippen LogP contribution in [-0.2, 0) is 16.4 Å². The van der Waals surface area contributed by atoms with Crippen LogP contribution in [0.25, 0.3) is 6.08 Å². The molecule has 1 N–H and O–H groups in total. The topological polar surface area (TPSA) is 66.5 Å². The molecule has 0 bridgehead atoms. The van der Waals surface area contributed by atoms with Crippen LogP contribution in [0.2, 0.25) is 0 Å². The highest BCUT2D eigenvalue weighted by Gasteiger charge is 2.24. The number of amides is 2. The molecular formula is C21H23FN2O3S. The number of piperidine rings is 1. The molecule has 1 saturated heterocycles. The van der Waals surface area contributed by atoms with Gasteiger partial charge in [0.1, 0.15) is 5.82 Å². The SMILES string of the molecule is O=C(NS(=O)(=O)C=Cc1ccc(F)cc1)N1CCC(Cc2ccccc2)CC1. The van der Waals surface area contributed by atoms with Crippen molar-refractivity contribution >= 4 is 22.1 Å². The van der Waals surface area contributed by atoms with Crippen LogP contribution in [-0.4, -0.2) is 32.4 Å². The zero-order valence-corrected chi connectivity index (χ0v) is 16.2. The zero-order chi connectivity index (χ0) is 20.0. The summed E-state index contributed by atoms with van der Waals surface area (Å²) < 4.78 is 39.2. The first-order valence-electron chi connectivity index (χ1n) is 9.20. The van der Waals surface area contributed by atoms with E-state index in [4.69, 9.17) is 0 Å². The minimum Gasteiger partial charge on any atom is -0.324 e. The van der Waals surface area contributed by atoms with Gasteiger partial charge >= 0.3 is 6.03 Å². The van der Waals surface area contributed by atoms with Crippen molar-refractivity contribution in [1.82, 2.24) is 9.62 Å². The van der Waals surface area contributed by atoms with Gasteiger partial charge in [-0.05, 0) is 54.5 Å². The fourth-order valence-electron chi connectivity index (χ4n) is 3.25. The molecule has 0 atom stereocenters. The molecule has 2 aromatic rings. The van der Waals surface area contributed by atoms with E-state index in [1.165, 1.54) is 40.8 Å². The Labute approximate surface area is 164 Å². The molecule has 2 amide bonds. The van der Waals surface area contributed by atoms with Crippen LogP contribution in [0.3, 0.4) is 0 Å². The molecule has 1 aliphatic heterocycles. The van der Waals surface area contributed by atoms with Crippen LogP contribution in [0, 0.1) is 11.7 Å².